The van der Waals surface area contributed by atoms with Gasteiger partial charge in [0.25, 0.3) is 11.9 Å². The van der Waals surface area contributed by atoms with Gasteiger partial charge in [-0.25, -0.2) is 15.6 Å². The van der Waals surface area contributed by atoms with E-state index in [0.717, 1.165) is 9.58 Å². The Morgan fingerprint density at radius 3 is 1.75 bits per heavy atom. The van der Waals surface area contributed by atoms with Crippen LogP contribution in [-0.4, -0.2) is 46.7 Å². The van der Waals surface area contributed by atoms with Crippen LogP contribution in [0.1, 0.15) is 0 Å². The first-order valence-corrected chi connectivity index (χ1v) is 3.82. The topological polar surface area (TPSA) is 180 Å². The molecule has 0 fully saturated rings. The van der Waals surface area contributed by atoms with Crippen LogP contribution in [0.15, 0.2) is 0 Å². The molecule has 0 saturated heterocycles. The fourth-order valence-electron chi connectivity index (χ4n) is 0.765. The maximum absolute atomic E-state index is 11.3. The van der Waals surface area contributed by atoms with Crippen molar-refractivity contribution >= 4 is 17.9 Å². The van der Waals surface area contributed by atoms with E-state index >= 15 is 0 Å². The number of tetrazole rings is 2. The van der Waals surface area contributed by atoms with Crippen molar-refractivity contribution in [2.24, 2.45) is 0 Å². The van der Waals surface area contributed by atoms with Crippen LogP contribution in [0.2, 0.25) is 0 Å². The number of carbonyl (C=O) groups is 1. The van der Waals surface area contributed by atoms with Gasteiger partial charge in [-0.1, -0.05) is 10.2 Å². The second-order valence-corrected chi connectivity index (χ2v) is 2.45. The molecule has 0 aliphatic rings. The minimum absolute atomic E-state index is 0.0835. The Balaban J connectivity index is 2.00. The molecule has 2 heterocycles. The predicted octanol–water partition coefficient (Wildman–Crippen LogP) is -3.27. The minimum atomic E-state index is -0.724. The smallest absolute Gasteiger partial charge is 0.355 e. The van der Waals surface area contributed by atoms with Crippen molar-refractivity contribution in [1.29, 1.82) is 0 Å². The zero-order chi connectivity index (χ0) is 11.5. The first-order valence-electron chi connectivity index (χ1n) is 3.82. The largest absolute Gasteiger partial charge is 0.365 e. The molecule has 13 heteroatoms. The summed E-state index contributed by atoms with van der Waals surface area (Å²) in [4.78, 5) is 13.0. The molecule has 16 heavy (non-hydrogen) atoms. The highest BCUT2D eigenvalue weighted by molar-refractivity contribution is 5.89. The molecule has 84 valence electrons. The second-order valence-electron chi connectivity index (χ2n) is 2.45. The summed E-state index contributed by atoms with van der Waals surface area (Å²) >= 11 is 0. The number of nitrogens with two attached hydrogens (primary N) is 2. The number of aromatic nitrogens is 8. The fourth-order valence-corrected chi connectivity index (χ4v) is 0.765. The monoisotopic (exact) mass is 226 g/mol. The number of urea groups is 1. The number of anilines is 2. The lowest BCUT2D eigenvalue weighted by Crippen LogP contribution is -2.35. The van der Waals surface area contributed by atoms with Gasteiger partial charge in [0.15, 0.2) is 0 Å². The molecule has 0 unspecified atom stereocenters. The number of carbonyl (C=O) groups excluding carboxylic acids is 1. The molecule has 2 rings (SSSR count). The van der Waals surface area contributed by atoms with E-state index in [-0.39, 0.29) is 11.9 Å². The van der Waals surface area contributed by atoms with Gasteiger partial charge in [0.1, 0.15) is 0 Å². The predicted molar refractivity (Wildman–Crippen MR) is 48.6 cm³/mol. The molecule has 2 amide bonds. The third kappa shape index (κ3) is 1.76. The Morgan fingerprint density at radius 2 is 1.44 bits per heavy atom. The summed E-state index contributed by atoms with van der Waals surface area (Å²) in [6, 6.07) is -0.724. The van der Waals surface area contributed by atoms with Gasteiger partial charge >= 0.3 is 6.03 Å². The van der Waals surface area contributed by atoms with E-state index in [2.05, 4.69) is 41.9 Å². The quantitative estimate of drug-likeness (QED) is 0.408. The maximum Gasteiger partial charge on any atom is 0.355 e. The van der Waals surface area contributed by atoms with Crippen molar-refractivity contribution < 1.29 is 4.79 Å². The number of amides is 2. The average molecular weight is 226 g/mol. The van der Waals surface area contributed by atoms with Crippen molar-refractivity contribution in [1.82, 2.24) is 40.6 Å². The molecule has 6 N–H and O–H groups in total. The lowest BCUT2D eigenvalue weighted by Gasteiger charge is -2.05. The standard InChI is InChI=1S/C3H6N12O/c4-1-6-10-12-14(1)8-3(16)9-15-2(5)7-11-13-15/h(H2,4,6,12)(H2,5,7,13)(H2,8,9,16). The lowest BCUT2D eigenvalue weighted by atomic mass is 11.0. The number of nitrogens with one attached hydrogen (secondary N) is 2. The van der Waals surface area contributed by atoms with Crippen LogP contribution in [0.4, 0.5) is 16.7 Å². The molecule has 0 atom stereocenters. The van der Waals surface area contributed by atoms with Gasteiger partial charge in [-0.3, -0.25) is 0 Å². The average Bonchev–Trinajstić information content (AvgIpc) is 2.79. The second kappa shape index (κ2) is 3.64. The van der Waals surface area contributed by atoms with E-state index in [9.17, 15) is 4.79 Å². The zero-order valence-corrected chi connectivity index (χ0v) is 7.64. The Labute approximate surface area is 86.7 Å². The van der Waals surface area contributed by atoms with Crippen molar-refractivity contribution in [3.63, 3.8) is 0 Å². The number of nitrogens with zero attached hydrogens (tertiary/aromatic N) is 8. The van der Waals surface area contributed by atoms with Crippen molar-refractivity contribution in [3.8, 4) is 0 Å². The first-order chi connectivity index (χ1) is 7.66. The fraction of sp³-hybridized carbons (Fsp3) is 0. The van der Waals surface area contributed by atoms with Gasteiger partial charge in [0.2, 0.25) is 0 Å². The molecular weight excluding hydrogens is 220 g/mol. The van der Waals surface area contributed by atoms with E-state index in [1.165, 1.54) is 0 Å². The highest BCUT2D eigenvalue weighted by Gasteiger charge is 2.08. The molecule has 0 aliphatic heterocycles. The van der Waals surface area contributed by atoms with Gasteiger partial charge in [0.05, 0.1) is 0 Å². The number of hydrogen-bond donors (Lipinski definition) is 4. The van der Waals surface area contributed by atoms with Crippen LogP contribution in [0.5, 0.6) is 0 Å². The Bertz CT molecular complexity index is 452. The Morgan fingerprint density at radius 1 is 1.00 bits per heavy atom. The summed E-state index contributed by atoms with van der Waals surface area (Å²) < 4.78 is 0. The van der Waals surface area contributed by atoms with Gasteiger partial charge in [-0.2, -0.15) is 0 Å². The summed E-state index contributed by atoms with van der Waals surface area (Å²) in [6.45, 7) is 0. The number of rotatable bonds is 2. The number of hydrogen-bond acceptors (Lipinski definition) is 9. The van der Waals surface area contributed by atoms with Crippen LogP contribution >= 0.6 is 0 Å². The maximum atomic E-state index is 11.3. The van der Waals surface area contributed by atoms with E-state index in [0.29, 0.717) is 0 Å². The first kappa shape index (κ1) is 9.56. The summed E-state index contributed by atoms with van der Waals surface area (Å²) in [6.07, 6.45) is 0. The molecule has 13 nitrogen and oxygen atoms in total. The van der Waals surface area contributed by atoms with Crippen molar-refractivity contribution in [2.75, 3.05) is 22.3 Å². The van der Waals surface area contributed by atoms with Crippen LogP contribution in [0.25, 0.3) is 0 Å². The molecule has 2 aromatic heterocycles. The highest BCUT2D eigenvalue weighted by Crippen LogP contribution is 1.89. The Hall–Kier alpha value is -2.99. The normalized spacial score (nSPS) is 10.0. The third-order valence-corrected chi connectivity index (χ3v) is 1.40. The van der Waals surface area contributed by atoms with Gasteiger partial charge in [0, 0.05) is 0 Å². The molecular formula is C3H6N12O. The van der Waals surface area contributed by atoms with E-state index in [1.54, 1.807) is 0 Å². The minimum Gasteiger partial charge on any atom is -0.365 e. The summed E-state index contributed by atoms with van der Waals surface area (Å²) in [5, 5.41) is 19.9. The van der Waals surface area contributed by atoms with E-state index in [1.807, 2.05) is 0 Å². The molecule has 0 aliphatic carbocycles. The van der Waals surface area contributed by atoms with Crippen molar-refractivity contribution in [2.45, 2.75) is 0 Å². The molecule has 2 aromatic rings. The zero-order valence-electron chi connectivity index (χ0n) is 7.64. The van der Waals surface area contributed by atoms with Crippen LogP contribution in [0.3, 0.4) is 0 Å². The molecule has 0 spiro atoms. The summed E-state index contributed by atoms with van der Waals surface area (Å²) in [5.74, 6) is -0.167. The SMILES string of the molecule is Nc1nnnn1NC(=O)Nn1nnnc1N. The Kier molecular flexibility index (Phi) is 2.17. The van der Waals surface area contributed by atoms with E-state index < -0.39 is 6.03 Å². The molecule has 0 aromatic carbocycles. The third-order valence-electron chi connectivity index (χ3n) is 1.40. The highest BCUT2D eigenvalue weighted by atomic mass is 16.2. The van der Waals surface area contributed by atoms with Gasteiger partial charge in [-0.15, -0.1) is 9.58 Å². The molecule has 0 radical (unpaired) electrons. The van der Waals surface area contributed by atoms with Crippen LogP contribution < -0.4 is 22.3 Å². The van der Waals surface area contributed by atoms with Gasteiger partial charge in [-0.05, 0) is 20.9 Å². The molecule has 0 saturated carbocycles. The lowest BCUT2D eigenvalue weighted by molar-refractivity contribution is 0.256. The summed E-state index contributed by atoms with van der Waals surface area (Å²) in [5.41, 5.74) is 15.0. The number of nitrogen functional groups attached to an aromatic ring is 2. The summed E-state index contributed by atoms with van der Waals surface area (Å²) in [7, 11) is 0. The van der Waals surface area contributed by atoms with Crippen molar-refractivity contribution in [3.05, 3.63) is 0 Å². The van der Waals surface area contributed by atoms with Crippen LogP contribution in [-0.2, 0) is 0 Å². The molecule has 0 bridgehead atoms. The van der Waals surface area contributed by atoms with Gasteiger partial charge < -0.3 is 11.5 Å². The van der Waals surface area contributed by atoms with E-state index in [4.69, 9.17) is 11.5 Å². The van der Waals surface area contributed by atoms with Crippen LogP contribution in [0, 0.1) is 0 Å².